The molecule has 1 nitrogen and oxygen atoms in total. The van der Waals surface area contributed by atoms with Crippen LogP contribution in [0.2, 0.25) is 0 Å². The molecule has 2 atom stereocenters. The molecule has 0 rings (SSSR count). The highest BCUT2D eigenvalue weighted by atomic mass is 19.5. The third-order valence-corrected chi connectivity index (χ3v) is 2.59. The summed E-state index contributed by atoms with van der Waals surface area (Å²) < 4.78 is 39.0. The minimum Gasteiger partial charge on any atom is -0.418 e. The molecule has 2 unspecified atom stereocenters. The van der Waals surface area contributed by atoms with Gasteiger partial charge in [0.1, 0.15) is 0 Å². The van der Waals surface area contributed by atoms with E-state index < -0.39 is 7.25 Å². The summed E-state index contributed by atoms with van der Waals surface area (Å²) in [6.45, 7) is 9.13. The number of quaternary nitrogens is 1. The summed E-state index contributed by atoms with van der Waals surface area (Å²) in [7, 11) is -6.00. The summed E-state index contributed by atoms with van der Waals surface area (Å²) in [5.74, 6) is 1.63. The number of hydrogen-bond acceptors (Lipinski definition) is 0. The third-order valence-electron chi connectivity index (χ3n) is 2.59. The van der Waals surface area contributed by atoms with E-state index in [0.29, 0.717) is 6.04 Å². The molecular formula is C10H24BF4N. The monoisotopic (exact) mass is 245 g/mol. The predicted octanol–water partition coefficient (Wildman–Crippen LogP) is 3.38. The van der Waals surface area contributed by atoms with Crippen LogP contribution in [0.3, 0.4) is 0 Å². The van der Waals surface area contributed by atoms with Gasteiger partial charge in [0.05, 0.1) is 6.04 Å². The molecule has 0 saturated carbocycles. The van der Waals surface area contributed by atoms with Crippen LogP contribution >= 0.6 is 0 Å². The van der Waals surface area contributed by atoms with Crippen molar-refractivity contribution in [3.05, 3.63) is 0 Å². The molecule has 0 aromatic carbocycles. The zero-order chi connectivity index (χ0) is 13.4. The Morgan fingerprint density at radius 3 is 1.62 bits per heavy atom. The average molecular weight is 245 g/mol. The Labute approximate surface area is 95.9 Å². The zero-order valence-corrected chi connectivity index (χ0v) is 10.6. The number of halogens is 4. The summed E-state index contributed by atoms with van der Waals surface area (Å²) in [5, 5.41) is 0. The molecule has 100 valence electrons. The van der Waals surface area contributed by atoms with Crippen LogP contribution in [-0.2, 0) is 0 Å². The van der Waals surface area contributed by atoms with Crippen LogP contribution < -0.4 is 5.73 Å². The van der Waals surface area contributed by atoms with Crippen LogP contribution in [0.15, 0.2) is 0 Å². The first kappa shape index (κ1) is 18.1. The summed E-state index contributed by atoms with van der Waals surface area (Å²) in [4.78, 5) is 0. The van der Waals surface area contributed by atoms with Gasteiger partial charge < -0.3 is 23.0 Å². The van der Waals surface area contributed by atoms with Gasteiger partial charge >= 0.3 is 7.25 Å². The van der Waals surface area contributed by atoms with Gasteiger partial charge in [-0.05, 0) is 18.8 Å². The van der Waals surface area contributed by atoms with Crippen molar-refractivity contribution >= 4 is 7.25 Å². The van der Waals surface area contributed by atoms with Crippen molar-refractivity contribution in [1.29, 1.82) is 0 Å². The molecular weight excluding hydrogens is 221 g/mol. The molecule has 0 spiro atoms. The Kier molecular flexibility index (Phi) is 10.0. The van der Waals surface area contributed by atoms with Gasteiger partial charge in [-0.15, -0.1) is 0 Å². The van der Waals surface area contributed by atoms with E-state index in [1.807, 2.05) is 0 Å². The summed E-state index contributed by atoms with van der Waals surface area (Å²) in [6, 6.07) is 0.671. The zero-order valence-electron chi connectivity index (χ0n) is 10.6. The van der Waals surface area contributed by atoms with Crippen LogP contribution in [0, 0.1) is 11.8 Å². The minimum atomic E-state index is -6.00. The lowest BCUT2D eigenvalue weighted by Gasteiger charge is -2.22. The first-order valence-electron chi connectivity index (χ1n) is 5.83. The van der Waals surface area contributed by atoms with Crippen LogP contribution in [-0.4, -0.2) is 13.3 Å². The van der Waals surface area contributed by atoms with Crippen LogP contribution in [0.5, 0.6) is 0 Å². The van der Waals surface area contributed by atoms with Gasteiger partial charge in [-0.2, -0.15) is 0 Å². The molecule has 6 heteroatoms. The first-order chi connectivity index (χ1) is 7.13. The van der Waals surface area contributed by atoms with Gasteiger partial charge in [0.15, 0.2) is 0 Å². The standard InChI is InChI=1S/C10H23N.BF4/c1-5-7-10(11)9(6-2)8(3)4;2-1(3,4)5/h8-10H,5-7,11H2,1-4H3;/q;-1/p+1. The van der Waals surface area contributed by atoms with Crippen LogP contribution in [0.4, 0.5) is 17.3 Å². The van der Waals surface area contributed by atoms with Crippen molar-refractivity contribution in [3.63, 3.8) is 0 Å². The van der Waals surface area contributed by atoms with Gasteiger partial charge in [-0.3, -0.25) is 0 Å². The Bertz CT molecular complexity index is 155. The highest BCUT2D eigenvalue weighted by molar-refractivity contribution is 6.50. The molecule has 3 N–H and O–H groups in total. The summed E-state index contributed by atoms with van der Waals surface area (Å²) >= 11 is 0. The molecule has 0 aromatic rings. The molecule has 0 radical (unpaired) electrons. The maximum Gasteiger partial charge on any atom is 0.673 e. The van der Waals surface area contributed by atoms with Crippen LogP contribution in [0.1, 0.15) is 47.0 Å². The maximum atomic E-state index is 9.75. The topological polar surface area (TPSA) is 27.6 Å². The second-order valence-electron chi connectivity index (χ2n) is 4.36. The Balaban J connectivity index is 0. The molecule has 0 bridgehead atoms. The molecule has 16 heavy (non-hydrogen) atoms. The van der Waals surface area contributed by atoms with Crippen molar-refractivity contribution in [2.45, 2.75) is 53.0 Å². The smallest absolute Gasteiger partial charge is 0.418 e. The lowest BCUT2D eigenvalue weighted by Crippen LogP contribution is -2.64. The highest BCUT2D eigenvalue weighted by Crippen LogP contribution is 2.19. The van der Waals surface area contributed by atoms with Gasteiger partial charge in [0, 0.05) is 5.92 Å². The van der Waals surface area contributed by atoms with Crippen molar-refractivity contribution in [2.75, 3.05) is 0 Å². The van der Waals surface area contributed by atoms with Gasteiger partial charge in [0.25, 0.3) is 0 Å². The molecule has 0 fully saturated rings. The van der Waals surface area contributed by atoms with Gasteiger partial charge in [-0.1, -0.05) is 34.1 Å². The van der Waals surface area contributed by atoms with Crippen molar-refractivity contribution < 1.29 is 23.0 Å². The van der Waals surface area contributed by atoms with E-state index in [1.54, 1.807) is 0 Å². The Hall–Kier alpha value is -0.255. The molecule has 0 saturated heterocycles. The van der Waals surface area contributed by atoms with E-state index >= 15 is 0 Å². The van der Waals surface area contributed by atoms with E-state index in [4.69, 9.17) is 0 Å². The fourth-order valence-corrected chi connectivity index (χ4v) is 1.93. The summed E-state index contributed by atoms with van der Waals surface area (Å²) in [5.41, 5.74) is 4.22. The average Bonchev–Trinajstić information content (AvgIpc) is 2.01. The SMILES string of the molecule is CCCC([NH3+])C(CC)C(C)C.F[B-](F)(F)F. The molecule has 0 aliphatic heterocycles. The first-order valence-corrected chi connectivity index (χ1v) is 5.83. The van der Waals surface area contributed by atoms with Crippen molar-refractivity contribution in [2.24, 2.45) is 11.8 Å². The van der Waals surface area contributed by atoms with Crippen molar-refractivity contribution in [3.8, 4) is 0 Å². The fourth-order valence-electron chi connectivity index (χ4n) is 1.93. The van der Waals surface area contributed by atoms with E-state index in [1.165, 1.54) is 19.3 Å². The lowest BCUT2D eigenvalue weighted by atomic mass is 9.85. The number of rotatable bonds is 5. The molecule has 0 heterocycles. The largest absolute Gasteiger partial charge is 0.673 e. The Morgan fingerprint density at radius 1 is 1.06 bits per heavy atom. The Morgan fingerprint density at radius 2 is 1.44 bits per heavy atom. The summed E-state index contributed by atoms with van der Waals surface area (Å²) in [6.07, 6.45) is 3.85. The lowest BCUT2D eigenvalue weighted by molar-refractivity contribution is -0.437. The highest BCUT2D eigenvalue weighted by Gasteiger charge is 2.21. The molecule has 0 aliphatic carbocycles. The van der Waals surface area contributed by atoms with Gasteiger partial charge in [0.2, 0.25) is 0 Å². The minimum absolute atomic E-state index is 0.671. The van der Waals surface area contributed by atoms with Crippen molar-refractivity contribution in [1.82, 2.24) is 0 Å². The molecule has 0 aliphatic rings. The third kappa shape index (κ3) is 13.7. The quantitative estimate of drug-likeness (QED) is 0.568. The fraction of sp³-hybridized carbons (Fsp3) is 1.00. The normalized spacial score (nSPS) is 15.4. The van der Waals surface area contributed by atoms with E-state index in [2.05, 4.69) is 33.4 Å². The van der Waals surface area contributed by atoms with Gasteiger partial charge in [-0.25, -0.2) is 0 Å². The molecule has 0 aromatic heterocycles. The maximum absolute atomic E-state index is 9.75. The predicted molar refractivity (Wildman–Crippen MR) is 60.4 cm³/mol. The number of hydrogen-bond donors (Lipinski definition) is 1. The van der Waals surface area contributed by atoms with E-state index in [9.17, 15) is 17.3 Å². The second kappa shape index (κ2) is 8.85. The molecule has 0 amide bonds. The second-order valence-corrected chi connectivity index (χ2v) is 4.36. The van der Waals surface area contributed by atoms with Crippen LogP contribution in [0.25, 0.3) is 0 Å². The van der Waals surface area contributed by atoms with E-state index in [-0.39, 0.29) is 0 Å². The van der Waals surface area contributed by atoms with E-state index in [0.717, 1.165) is 11.8 Å².